The van der Waals surface area contributed by atoms with E-state index in [1.165, 1.54) is 0 Å². The Balaban J connectivity index is 2.40. The van der Waals surface area contributed by atoms with E-state index in [0.717, 1.165) is 17.4 Å². The van der Waals surface area contributed by atoms with Crippen LogP contribution < -0.4 is 0 Å². The van der Waals surface area contributed by atoms with Crippen LogP contribution in [0.25, 0.3) is 0 Å². The van der Waals surface area contributed by atoms with E-state index in [0.29, 0.717) is 6.04 Å². The SMILES string of the molecule is CC(C)(C)OC(=O)N1CC[C@H]1CI. The lowest BCUT2D eigenvalue weighted by atomic mass is 10.1. The van der Waals surface area contributed by atoms with Crippen LogP contribution in [0, 0.1) is 0 Å². The van der Waals surface area contributed by atoms with Gasteiger partial charge in [-0.05, 0) is 27.2 Å². The number of amides is 1. The second-order valence-corrected chi connectivity index (χ2v) is 5.15. The highest BCUT2D eigenvalue weighted by molar-refractivity contribution is 14.1. The molecule has 1 rings (SSSR count). The lowest BCUT2D eigenvalue weighted by molar-refractivity contribution is -0.000461. The molecule has 76 valence electrons. The van der Waals surface area contributed by atoms with Crippen molar-refractivity contribution in [2.75, 3.05) is 11.0 Å². The van der Waals surface area contributed by atoms with Crippen molar-refractivity contribution < 1.29 is 9.53 Å². The Morgan fingerprint density at radius 2 is 2.23 bits per heavy atom. The number of alkyl halides is 1. The number of carbonyl (C=O) groups is 1. The first-order chi connectivity index (χ1) is 5.94. The molecular formula is C9H16INO2. The van der Waals surface area contributed by atoms with Crippen LogP contribution in [0.5, 0.6) is 0 Å². The van der Waals surface area contributed by atoms with Gasteiger partial charge in [-0.25, -0.2) is 4.79 Å². The van der Waals surface area contributed by atoms with Crippen LogP contribution in [0.2, 0.25) is 0 Å². The van der Waals surface area contributed by atoms with E-state index in [2.05, 4.69) is 22.6 Å². The first kappa shape index (κ1) is 11.1. The number of rotatable bonds is 1. The third-order valence-electron chi connectivity index (χ3n) is 1.95. The van der Waals surface area contributed by atoms with Gasteiger partial charge in [0.15, 0.2) is 0 Å². The lowest BCUT2D eigenvalue weighted by Crippen LogP contribution is -2.53. The Morgan fingerprint density at radius 3 is 2.54 bits per heavy atom. The summed E-state index contributed by atoms with van der Waals surface area (Å²) >= 11 is 2.30. The molecule has 1 aliphatic rings. The molecule has 0 saturated carbocycles. The predicted molar refractivity (Wildman–Crippen MR) is 60.2 cm³/mol. The molecule has 0 bridgehead atoms. The molecule has 0 unspecified atom stereocenters. The maximum atomic E-state index is 11.5. The Labute approximate surface area is 92.9 Å². The fourth-order valence-corrected chi connectivity index (χ4v) is 2.08. The average Bonchev–Trinajstić information content (AvgIpc) is 1.80. The van der Waals surface area contributed by atoms with Crippen molar-refractivity contribution >= 4 is 28.7 Å². The number of likely N-dealkylation sites (tertiary alicyclic amines) is 1. The van der Waals surface area contributed by atoms with E-state index >= 15 is 0 Å². The van der Waals surface area contributed by atoms with E-state index in [9.17, 15) is 4.79 Å². The summed E-state index contributed by atoms with van der Waals surface area (Å²) in [7, 11) is 0. The summed E-state index contributed by atoms with van der Waals surface area (Å²) in [5.74, 6) is 0. The van der Waals surface area contributed by atoms with Crippen LogP contribution in [-0.2, 0) is 4.74 Å². The summed E-state index contributed by atoms with van der Waals surface area (Å²) in [6.07, 6.45) is 0.947. The van der Waals surface area contributed by atoms with Gasteiger partial charge in [0.05, 0.1) is 0 Å². The molecule has 0 aliphatic carbocycles. The summed E-state index contributed by atoms with van der Waals surface area (Å²) < 4.78 is 6.25. The van der Waals surface area contributed by atoms with Crippen LogP contribution in [0.4, 0.5) is 4.79 Å². The molecule has 0 radical (unpaired) electrons. The van der Waals surface area contributed by atoms with Gasteiger partial charge in [-0.15, -0.1) is 0 Å². The van der Waals surface area contributed by atoms with Gasteiger partial charge < -0.3 is 9.64 Å². The van der Waals surface area contributed by atoms with Crippen molar-refractivity contribution in [2.24, 2.45) is 0 Å². The number of ether oxygens (including phenoxy) is 1. The maximum absolute atomic E-state index is 11.5. The summed E-state index contributed by atoms with van der Waals surface area (Å²) in [6, 6.07) is 0.399. The molecule has 1 amide bonds. The van der Waals surface area contributed by atoms with Gasteiger partial charge >= 0.3 is 6.09 Å². The molecule has 3 nitrogen and oxygen atoms in total. The molecule has 1 fully saturated rings. The van der Waals surface area contributed by atoms with Crippen LogP contribution in [0.3, 0.4) is 0 Å². The highest BCUT2D eigenvalue weighted by Crippen LogP contribution is 2.22. The zero-order valence-electron chi connectivity index (χ0n) is 8.34. The molecule has 13 heavy (non-hydrogen) atoms. The Morgan fingerprint density at radius 1 is 1.62 bits per heavy atom. The van der Waals surface area contributed by atoms with Crippen molar-refractivity contribution in [1.82, 2.24) is 4.90 Å². The van der Waals surface area contributed by atoms with Crippen LogP contribution in [0.15, 0.2) is 0 Å². The quantitative estimate of drug-likeness (QED) is 0.549. The summed E-state index contributed by atoms with van der Waals surface area (Å²) in [5.41, 5.74) is -0.373. The Kier molecular flexibility index (Phi) is 3.43. The van der Waals surface area contributed by atoms with E-state index < -0.39 is 0 Å². The molecule has 0 aromatic rings. The molecule has 0 N–H and O–H groups in total. The van der Waals surface area contributed by atoms with Crippen molar-refractivity contribution in [3.05, 3.63) is 0 Å². The van der Waals surface area contributed by atoms with Gasteiger partial charge in [0.1, 0.15) is 5.60 Å². The van der Waals surface area contributed by atoms with Crippen LogP contribution in [-0.4, -0.2) is 33.6 Å². The molecule has 0 aromatic heterocycles. The van der Waals surface area contributed by atoms with E-state index in [-0.39, 0.29) is 11.7 Å². The average molecular weight is 297 g/mol. The van der Waals surface area contributed by atoms with E-state index in [1.807, 2.05) is 20.8 Å². The van der Waals surface area contributed by atoms with Gasteiger partial charge in [0.2, 0.25) is 0 Å². The third-order valence-corrected chi connectivity index (χ3v) is 2.97. The first-order valence-corrected chi connectivity index (χ1v) is 6.02. The predicted octanol–water partition coefficient (Wildman–Crippen LogP) is 2.43. The summed E-state index contributed by atoms with van der Waals surface area (Å²) in [6.45, 7) is 6.53. The molecule has 0 spiro atoms. The van der Waals surface area contributed by atoms with Gasteiger partial charge in [0.25, 0.3) is 0 Å². The minimum absolute atomic E-state index is 0.166. The molecule has 1 saturated heterocycles. The fraction of sp³-hybridized carbons (Fsp3) is 0.889. The van der Waals surface area contributed by atoms with Crippen LogP contribution in [0.1, 0.15) is 27.2 Å². The zero-order chi connectivity index (χ0) is 10.1. The van der Waals surface area contributed by atoms with E-state index in [1.54, 1.807) is 4.90 Å². The van der Waals surface area contributed by atoms with Crippen molar-refractivity contribution in [2.45, 2.75) is 38.8 Å². The fourth-order valence-electron chi connectivity index (χ4n) is 1.16. The second-order valence-electron chi connectivity index (χ2n) is 4.27. The monoisotopic (exact) mass is 297 g/mol. The highest BCUT2D eigenvalue weighted by Gasteiger charge is 2.34. The first-order valence-electron chi connectivity index (χ1n) is 4.49. The maximum Gasteiger partial charge on any atom is 0.410 e. The standard InChI is InChI=1S/C9H16INO2/c1-9(2,3)13-8(12)11-5-4-7(11)6-10/h7H,4-6H2,1-3H3/t7-/m0/s1. The van der Waals surface area contributed by atoms with Gasteiger partial charge in [-0.3, -0.25) is 0 Å². The number of hydrogen-bond donors (Lipinski definition) is 0. The summed E-state index contributed by atoms with van der Waals surface area (Å²) in [4.78, 5) is 13.3. The normalized spacial score (nSPS) is 22.5. The Hall–Kier alpha value is 0. The molecular weight excluding hydrogens is 281 g/mol. The Bertz CT molecular complexity index is 198. The largest absolute Gasteiger partial charge is 0.444 e. The smallest absolute Gasteiger partial charge is 0.410 e. The topological polar surface area (TPSA) is 29.5 Å². The van der Waals surface area contributed by atoms with Gasteiger partial charge in [-0.1, -0.05) is 22.6 Å². The molecule has 1 atom stereocenters. The minimum Gasteiger partial charge on any atom is -0.444 e. The minimum atomic E-state index is -0.373. The lowest BCUT2D eigenvalue weighted by Gasteiger charge is -2.40. The van der Waals surface area contributed by atoms with Gasteiger partial charge in [0, 0.05) is 17.0 Å². The number of halogens is 1. The molecule has 4 heteroatoms. The molecule has 1 aliphatic heterocycles. The molecule has 0 aromatic carbocycles. The zero-order valence-corrected chi connectivity index (χ0v) is 10.5. The summed E-state index contributed by atoms with van der Waals surface area (Å²) in [5, 5.41) is 0. The van der Waals surface area contributed by atoms with Crippen LogP contribution >= 0.6 is 22.6 Å². The van der Waals surface area contributed by atoms with E-state index in [4.69, 9.17) is 4.74 Å². The number of hydrogen-bond acceptors (Lipinski definition) is 2. The highest BCUT2D eigenvalue weighted by atomic mass is 127. The van der Waals surface area contributed by atoms with Gasteiger partial charge in [-0.2, -0.15) is 0 Å². The second kappa shape index (κ2) is 4.02. The van der Waals surface area contributed by atoms with Crippen molar-refractivity contribution in [1.29, 1.82) is 0 Å². The third kappa shape index (κ3) is 3.00. The molecule has 1 heterocycles. The number of carbonyl (C=O) groups excluding carboxylic acids is 1. The number of nitrogens with zero attached hydrogens (tertiary/aromatic N) is 1. The van der Waals surface area contributed by atoms with Crippen molar-refractivity contribution in [3.8, 4) is 0 Å². The van der Waals surface area contributed by atoms with Crippen molar-refractivity contribution in [3.63, 3.8) is 0 Å².